The van der Waals surface area contributed by atoms with Crippen molar-refractivity contribution in [2.75, 3.05) is 5.32 Å². The molecule has 0 spiro atoms. The molecule has 1 aliphatic carbocycles. The number of primary amides is 1. The van der Waals surface area contributed by atoms with Crippen LogP contribution in [-0.4, -0.2) is 18.0 Å². The van der Waals surface area contributed by atoms with Gasteiger partial charge in [-0.3, -0.25) is 4.79 Å². The highest BCUT2D eigenvalue weighted by Crippen LogP contribution is 2.38. The Hall–Kier alpha value is -2.11. The van der Waals surface area contributed by atoms with Crippen molar-refractivity contribution >= 4 is 17.6 Å². The van der Waals surface area contributed by atoms with E-state index < -0.39 is 11.7 Å². The van der Waals surface area contributed by atoms with Gasteiger partial charge >= 0.3 is 6.03 Å². The third-order valence-corrected chi connectivity index (χ3v) is 4.68. The Labute approximate surface area is 142 Å². The van der Waals surface area contributed by atoms with Gasteiger partial charge in [0, 0.05) is 11.7 Å². The SMILES string of the molecule is CC(C)(C)[C@H]1CCCC[C@H]1NC(=O)Nc1ccc(F)c(C(N)=O)c1. The zero-order chi connectivity index (χ0) is 17.9. The molecular weight excluding hydrogens is 309 g/mol. The summed E-state index contributed by atoms with van der Waals surface area (Å²) >= 11 is 0. The summed E-state index contributed by atoms with van der Waals surface area (Å²) in [6, 6.07) is 3.53. The van der Waals surface area contributed by atoms with E-state index in [9.17, 15) is 14.0 Å². The highest BCUT2D eigenvalue weighted by atomic mass is 19.1. The van der Waals surface area contributed by atoms with Gasteiger partial charge in [0.05, 0.1) is 5.56 Å². The zero-order valence-electron chi connectivity index (χ0n) is 14.5. The van der Waals surface area contributed by atoms with Gasteiger partial charge in [0.15, 0.2) is 0 Å². The molecule has 24 heavy (non-hydrogen) atoms. The second-order valence-corrected chi connectivity index (χ2v) is 7.52. The predicted octanol–water partition coefficient (Wildman–Crippen LogP) is 3.65. The fourth-order valence-electron chi connectivity index (χ4n) is 3.47. The zero-order valence-corrected chi connectivity index (χ0v) is 14.5. The Morgan fingerprint density at radius 3 is 2.50 bits per heavy atom. The van der Waals surface area contributed by atoms with E-state index in [2.05, 4.69) is 31.4 Å². The molecule has 0 aromatic heterocycles. The standard InChI is InChI=1S/C18H26FN3O2/c1-18(2,3)13-6-4-5-7-15(13)22-17(24)21-11-8-9-14(19)12(10-11)16(20)23/h8-10,13,15H,4-7H2,1-3H3,(H2,20,23)(H2,21,22,24)/t13-,15+/m0/s1. The maximum Gasteiger partial charge on any atom is 0.319 e. The highest BCUT2D eigenvalue weighted by molar-refractivity contribution is 5.96. The molecule has 1 aromatic rings. The monoisotopic (exact) mass is 335 g/mol. The van der Waals surface area contributed by atoms with E-state index in [1.807, 2.05) is 0 Å². The fourth-order valence-corrected chi connectivity index (χ4v) is 3.47. The first-order valence-electron chi connectivity index (χ1n) is 8.35. The van der Waals surface area contributed by atoms with Gasteiger partial charge in [-0.1, -0.05) is 33.6 Å². The van der Waals surface area contributed by atoms with Crippen molar-refractivity contribution in [3.63, 3.8) is 0 Å². The van der Waals surface area contributed by atoms with Crippen LogP contribution in [0.2, 0.25) is 0 Å². The average molecular weight is 335 g/mol. The van der Waals surface area contributed by atoms with Crippen molar-refractivity contribution in [1.82, 2.24) is 5.32 Å². The van der Waals surface area contributed by atoms with Gasteiger partial charge in [0.1, 0.15) is 5.82 Å². The number of carbonyl (C=O) groups is 2. The number of amides is 3. The van der Waals surface area contributed by atoms with Gasteiger partial charge in [-0.25, -0.2) is 9.18 Å². The minimum absolute atomic E-state index is 0.106. The summed E-state index contributed by atoms with van der Waals surface area (Å²) in [6.07, 6.45) is 4.32. The molecule has 0 radical (unpaired) electrons. The van der Waals surface area contributed by atoms with Gasteiger partial charge in [0.2, 0.25) is 0 Å². The van der Waals surface area contributed by atoms with Crippen LogP contribution in [0.15, 0.2) is 18.2 Å². The number of halogens is 1. The Balaban J connectivity index is 2.05. The first kappa shape index (κ1) is 18.2. The number of nitrogens with one attached hydrogen (secondary N) is 2. The van der Waals surface area contributed by atoms with Crippen LogP contribution in [-0.2, 0) is 0 Å². The molecule has 132 valence electrons. The quantitative estimate of drug-likeness (QED) is 0.787. The molecule has 1 aliphatic rings. The van der Waals surface area contributed by atoms with E-state index in [-0.39, 0.29) is 23.1 Å². The van der Waals surface area contributed by atoms with Gasteiger partial charge in [-0.15, -0.1) is 0 Å². The van der Waals surface area contributed by atoms with E-state index in [1.54, 1.807) is 0 Å². The molecule has 0 unspecified atom stereocenters. The second-order valence-electron chi connectivity index (χ2n) is 7.52. The molecule has 0 bridgehead atoms. The lowest BCUT2D eigenvalue weighted by Crippen LogP contribution is -2.48. The van der Waals surface area contributed by atoms with Crippen LogP contribution in [0.3, 0.4) is 0 Å². The van der Waals surface area contributed by atoms with Crippen molar-refractivity contribution in [2.24, 2.45) is 17.1 Å². The predicted molar refractivity (Wildman–Crippen MR) is 92.3 cm³/mol. The number of hydrogen-bond acceptors (Lipinski definition) is 2. The lowest BCUT2D eigenvalue weighted by atomic mass is 9.69. The third-order valence-electron chi connectivity index (χ3n) is 4.68. The summed E-state index contributed by atoms with van der Waals surface area (Å²) in [7, 11) is 0. The molecule has 3 amide bonds. The smallest absolute Gasteiger partial charge is 0.319 e. The van der Waals surface area contributed by atoms with Gasteiger partial charge in [0.25, 0.3) is 5.91 Å². The van der Waals surface area contributed by atoms with Crippen LogP contribution in [0.1, 0.15) is 56.8 Å². The van der Waals surface area contributed by atoms with Crippen molar-refractivity contribution in [2.45, 2.75) is 52.5 Å². The largest absolute Gasteiger partial charge is 0.366 e. The molecule has 4 N–H and O–H groups in total. The molecule has 1 saturated carbocycles. The summed E-state index contributed by atoms with van der Waals surface area (Å²) in [5.74, 6) is -1.16. The normalized spacial score (nSPS) is 21.2. The summed E-state index contributed by atoms with van der Waals surface area (Å²) in [6.45, 7) is 6.57. The van der Waals surface area contributed by atoms with Crippen molar-refractivity contribution in [3.05, 3.63) is 29.6 Å². The van der Waals surface area contributed by atoms with Crippen molar-refractivity contribution in [1.29, 1.82) is 0 Å². The lowest BCUT2D eigenvalue weighted by molar-refractivity contribution is 0.0996. The number of urea groups is 1. The number of rotatable bonds is 3. The maximum absolute atomic E-state index is 13.5. The Kier molecular flexibility index (Phi) is 5.47. The van der Waals surface area contributed by atoms with Crippen molar-refractivity contribution in [3.8, 4) is 0 Å². The molecule has 2 atom stereocenters. The first-order chi connectivity index (χ1) is 11.2. The van der Waals surface area contributed by atoms with E-state index in [0.29, 0.717) is 11.6 Å². The van der Waals surface area contributed by atoms with Gasteiger partial charge in [-0.2, -0.15) is 0 Å². The van der Waals surface area contributed by atoms with Crippen LogP contribution in [0.4, 0.5) is 14.9 Å². The summed E-state index contributed by atoms with van der Waals surface area (Å²) in [5, 5.41) is 5.69. The number of carbonyl (C=O) groups excluding carboxylic acids is 2. The highest BCUT2D eigenvalue weighted by Gasteiger charge is 2.34. The molecule has 0 saturated heterocycles. The number of anilines is 1. The molecular formula is C18H26FN3O2. The minimum Gasteiger partial charge on any atom is -0.366 e. The number of benzene rings is 1. The average Bonchev–Trinajstić information content (AvgIpc) is 2.48. The van der Waals surface area contributed by atoms with Crippen LogP contribution < -0.4 is 16.4 Å². The van der Waals surface area contributed by atoms with E-state index in [1.165, 1.54) is 18.6 Å². The van der Waals surface area contributed by atoms with E-state index >= 15 is 0 Å². The summed E-state index contributed by atoms with van der Waals surface area (Å²) < 4.78 is 13.5. The van der Waals surface area contributed by atoms with Crippen LogP contribution in [0.5, 0.6) is 0 Å². The number of nitrogens with two attached hydrogens (primary N) is 1. The summed E-state index contributed by atoms with van der Waals surface area (Å²) in [5.41, 5.74) is 5.34. The second kappa shape index (κ2) is 7.20. The van der Waals surface area contributed by atoms with Crippen LogP contribution in [0.25, 0.3) is 0 Å². The molecule has 5 nitrogen and oxygen atoms in total. The topological polar surface area (TPSA) is 84.2 Å². The first-order valence-corrected chi connectivity index (χ1v) is 8.35. The van der Waals surface area contributed by atoms with E-state index in [0.717, 1.165) is 25.3 Å². The Morgan fingerprint density at radius 1 is 1.21 bits per heavy atom. The van der Waals surface area contributed by atoms with Crippen LogP contribution >= 0.6 is 0 Å². The molecule has 1 aromatic carbocycles. The third kappa shape index (κ3) is 4.46. The maximum atomic E-state index is 13.5. The molecule has 0 aliphatic heterocycles. The Morgan fingerprint density at radius 2 is 1.88 bits per heavy atom. The number of hydrogen-bond donors (Lipinski definition) is 3. The van der Waals surface area contributed by atoms with Gasteiger partial charge in [-0.05, 0) is 42.4 Å². The van der Waals surface area contributed by atoms with Crippen molar-refractivity contribution < 1.29 is 14.0 Å². The summed E-state index contributed by atoms with van der Waals surface area (Å²) in [4.78, 5) is 23.5. The lowest BCUT2D eigenvalue weighted by Gasteiger charge is -2.40. The molecule has 6 heteroatoms. The minimum atomic E-state index is -0.864. The van der Waals surface area contributed by atoms with Gasteiger partial charge < -0.3 is 16.4 Å². The Bertz CT molecular complexity index is 625. The van der Waals surface area contributed by atoms with Crippen LogP contribution in [0, 0.1) is 17.2 Å². The molecule has 0 heterocycles. The van der Waals surface area contributed by atoms with E-state index in [4.69, 9.17) is 5.73 Å². The fraction of sp³-hybridized carbons (Fsp3) is 0.556. The molecule has 2 rings (SSSR count). The molecule has 1 fully saturated rings.